The maximum absolute atomic E-state index is 11.7. The van der Waals surface area contributed by atoms with Gasteiger partial charge in [-0.15, -0.1) is 12.4 Å². The van der Waals surface area contributed by atoms with Crippen LogP contribution < -0.4 is 11.1 Å². The number of carbonyl (C=O) groups is 1. The highest BCUT2D eigenvalue weighted by atomic mass is 35.5. The molecule has 0 saturated heterocycles. The van der Waals surface area contributed by atoms with Crippen molar-refractivity contribution in [3.63, 3.8) is 0 Å². The van der Waals surface area contributed by atoms with Crippen LogP contribution in [0.3, 0.4) is 0 Å². The molecular weight excluding hydrogens is 270 g/mol. The molecule has 0 fully saturated rings. The molecule has 3 N–H and O–H groups in total. The minimum atomic E-state index is -0.589. The Balaban J connectivity index is 0.00000324. The Kier molecular flexibility index (Phi) is 7.03. The molecule has 1 amide bonds. The van der Waals surface area contributed by atoms with Gasteiger partial charge in [0.15, 0.2) is 0 Å². The van der Waals surface area contributed by atoms with Gasteiger partial charge in [-0.1, -0.05) is 19.4 Å². The second kappa shape index (κ2) is 7.70. The summed E-state index contributed by atoms with van der Waals surface area (Å²) in [5.74, 6) is -0.319. The first-order valence-electron chi connectivity index (χ1n) is 5.77. The van der Waals surface area contributed by atoms with Crippen molar-refractivity contribution in [2.75, 3.05) is 5.32 Å². The highest BCUT2D eigenvalue weighted by molar-refractivity contribution is 5.95. The summed E-state index contributed by atoms with van der Waals surface area (Å²) in [6, 6.07) is 3.75. The first-order chi connectivity index (χ1) is 8.45. The zero-order valence-electron chi connectivity index (χ0n) is 10.9. The number of nitro benzene ring substituents is 1. The lowest BCUT2D eigenvalue weighted by Crippen LogP contribution is -2.35. The van der Waals surface area contributed by atoms with Gasteiger partial charge in [0.25, 0.3) is 5.69 Å². The summed E-state index contributed by atoms with van der Waals surface area (Å²) >= 11 is 0. The number of hydrogen-bond donors (Lipinski definition) is 2. The molecule has 0 aliphatic rings. The Bertz CT molecular complexity index is 466. The zero-order valence-corrected chi connectivity index (χ0v) is 11.7. The molecule has 7 heteroatoms. The van der Waals surface area contributed by atoms with Crippen LogP contribution in [0, 0.1) is 17.0 Å². The molecule has 0 aliphatic heterocycles. The smallest absolute Gasteiger partial charge is 0.271 e. The Hall–Kier alpha value is -1.66. The van der Waals surface area contributed by atoms with Gasteiger partial charge in [0.05, 0.1) is 16.7 Å². The van der Waals surface area contributed by atoms with E-state index >= 15 is 0 Å². The van der Waals surface area contributed by atoms with E-state index in [-0.39, 0.29) is 24.0 Å². The predicted octanol–water partition coefficient (Wildman–Crippen LogP) is 2.39. The average molecular weight is 288 g/mol. The number of hydrogen-bond acceptors (Lipinski definition) is 4. The maximum Gasteiger partial charge on any atom is 0.271 e. The second-order valence-corrected chi connectivity index (χ2v) is 4.14. The third kappa shape index (κ3) is 4.84. The van der Waals surface area contributed by atoms with E-state index in [0.29, 0.717) is 12.1 Å². The molecule has 0 spiro atoms. The number of nitrogens with two attached hydrogens (primary N) is 1. The largest absolute Gasteiger partial charge is 0.324 e. The molecule has 0 radical (unpaired) electrons. The molecule has 1 aromatic carbocycles. The molecule has 0 heterocycles. The number of nitrogens with one attached hydrogen (secondary N) is 1. The van der Waals surface area contributed by atoms with Crippen molar-refractivity contribution in [1.29, 1.82) is 0 Å². The van der Waals surface area contributed by atoms with Gasteiger partial charge in [-0.25, -0.2) is 0 Å². The van der Waals surface area contributed by atoms with Crippen LogP contribution in [0.25, 0.3) is 0 Å². The zero-order chi connectivity index (χ0) is 13.7. The van der Waals surface area contributed by atoms with E-state index in [1.165, 1.54) is 12.1 Å². The lowest BCUT2D eigenvalue weighted by molar-refractivity contribution is -0.384. The second-order valence-electron chi connectivity index (χ2n) is 4.14. The van der Waals surface area contributed by atoms with E-state index in [9.17, 15) is 14.9 Å². The monoisotopic (exact) mass is 287 g/mol. The van der Waals surface area contributed by atoms with Crippen molar-refractivity contribution in [3.8, 4) is 0 Å². The van der Waals surface area contributed by atoms with Crippen molar-refractivity contribution >= 4 is 29.7 Å². The molecule has 0 aliphatic carbocycles. The average Bonchev–Trinajstić information content (AvgIpc) is 2.31. The van der Waals surface area contributed by atoms with Crippen molar-refractivity contribution in [1.82, 2.24) is 0 Å². The van der Waals surface area contributed by atoms with Crippen LogP contribution >= 0.6 is 12.4 Å². The summed E-state index contributed by atoms with van der Waals surface area (Å²) in [6.45, 7) is 3.70. The van der Waals surface area contributed by atoms with Gasteiger partial charge in [0.2, 0.25) is 5.91 Å². The normalized spacial score (nSPS) is 11.3. The molecule has 0 aromatic heterocycles. The number of aryl methyl sites for hydroxylation is 1. The fourth-order valence-corrected chi connectivity index (χ4v) is 1.53. The number of nitrogens with zero attached hydrogens (tertiary/aromatic N) is 1. The van der Waals surface area contributed by atoms with E-state index in [4.69, 9.17) is 5.73 Å². The van der Waals surface area contributed by atoms with Crippen LogP contribution in [0.4, 0.5) is 11.4 Å². The van der Waals surface area contributed by atoms with Crippen LogP contribution in [0.2, 0.25) is 0 Å². The Morgan fingerprint density at radius 1 is 1.53 bits per heavy atom. The SMILES string of the molecule is CCCC(N)C(=O)Nc1cc([N+](=O)[O-])ccc1C.Cl. The summed E-state index contributed by atoms with van der Waals surface area (Å²) in [6.07, 6.45) is 1.39. The van der Waals surface area contributed by atoms with E-state index in [1.807, 2.05) is 6.92 Å². The van der Waals surface area contributed by atoms with Crippen molar-refractivity contribution in [2.45, 2.75) is 32.7 Å². The number of benzene rings is 1. The van der Waals surface area contributed by atoms with Gasteiger partial charge in [0, 0.05) is 12.1 Å². The highest BCUT2D eigenvalue weighted by Crippen LogP contribution is 2.22. The number of halogens is 1. The van der Waals surface area contributed by atoms with Gasteiger partial charge in [-0.05, 0) is 18.9 Å². The minimum Gasteiger partial charge on any atom is -0.324 e. The van der Waals surface area contributed by atoms with E-state index in [2.05, 4.69) is 5.32 Å². The predicted molar refractivity (Wildman–Crippen MR) is 76.6 cm³/mol. The Morgan fingerprint density at radius 3 is 2.68 bits per heavy atom. The fourth-order valence-electron chi connectivity index (χ4n) is 1.53. The van der Waals surface area contributed by atoms with Gasteiger partial charge in [0.1, 0.15) is 0 Å². The molecule has 1 unspecified atom stereocenters. The Morgan fingerprint density at radius 2 is 2.16 bits per heavy atom. The standard InChI is InChI=1S/C12H17N3O3.ClH/c1-3-4-10(13)12(16)14-11-7-9(15(17)18)6-5-8(11)2;/h5-7,10H,3-4,13H2,1-2H3,(H,14,16);1H. The number of amides is 1. The van der Waals surface area contributed by atoms with Crippen molar-refractivity contribution in [2.24, 2.45) is 5.73 Å². The van der Waals surface area contributed by atoms with E-state index in [0.717, 1.165) is 12.0 Å². The van der Waals surface area contributed by atoms with E-state index in [1.54, 1.807) is 13.0 Å². The molecule has 0 bridgehead atoms. The highest BCUT2D eigenvalue weighted by Gasteiger charge is 2.15. The first-order valence-corrected chi connectivity index (χ1v) is 5.77. The van der Waals surface area contributed by atoms with Crippen LogP contribution in [0.15, 0.2) is 18.2 Å². The van der Waals surface area contributed by atoms with E-state index < -0.39 is 11.0 Å². The number of non-ortho nitro benzene ring substituents is 1. The van der Waals surface area contributed by atoms with Gasteiger partial charge >= 0.3 is 0 Å². The minimum absolute atomic E-state index is 0. The molecule has 19 heavy (non-hydrogen) atoms. The van der Waals surface area contributed by atoms with Gasteiger partial charge in [-0.2, -0.15) is 0 Å². The van der Waals surface area contributed by atoms with Crippen molar-refractivity contribution < 1.29 is 9.72 Å². The lowest BCUT2D eigenvalue weighted by Gasteiger charge is -2.12. The fraction of sp³-hybridized carbons (Fsp3) is 0.417. The third-order valence-electron chi connectivity index (χ3n) is 2.63. The summed E-state index contributed by atoms with van der Waals surface area (Å²) in [4.78, 5) is 21.9. The molecular formula is C12H18ClN3O3. The first kappa shape index (κ1) is 17.3. The molecule has 1 atom stereocenters. The topological polar surface area (TPSA) is 98.3 Å². The quantitative estimate of drug-likeness (QED) is 0.641. The van der Waals surface area contributed by atoms with Crippen LogP contribution in [-0.2, 0) is 4.79 Å². The maximum atomic E-state index is 11.7. The number of carbonyl (C=O) groups excluding carboxylic acids is 1. The van der Waals surface area contributed by atoms with Gasteiger partial charge < -0.3 is 11.1 Å². The molecule has 6 nitrogen and oxygen atoms in total. The number of rotatable bonds is 5. The summed E-state index contributed by atoms with van der Waals surface area (Å²) < 4.78 is 0. The molecule has 0 saturated carbocycles. The van der Waals surface area contributed by atoms with Crippen LogP contribution in [0.5, 0.6) is 0 Å². The van der Waals surface area contributed by atoms with Gasteiger partial charge in [-0.3, -0.25) is 14.9 Å². The van der Waals surface area contributed by atoms with Crippen LogP contribution in [-0.4, -0.2) is 16.9 Å². The summed E-state index contributed by atoms with van der Waals surface area (Å²) in [7, 11) is 0. The molecule has 106 valence electrons. The Labute approximate surface area is 117 Å². The molecule has 1 rings (SSSR count). The third-order valence-corrected chi connectivity index (χ3v) is 2.63. The summed E-state index contributed by atoms with van der Waals surface area (Å²) in [5.41, 5.74) is 6.81. The number of nitro groups is 1. The van der Waals surface area contributed by atoms with Crippen LogP contribution in [0.1, 0.15) is 25.3 Å². The lowest BCUT2D eigenvalue weighted by atomic mass is 10.1. The molecule has 1 aromatic rings. The number of anilines is 1. The van der Waals surface area contributed by atoms with Crippen molar-refractivity contribution in [3.05, 3.63) is 33.9 Å². The summed E-state index contributed by atoms with van der Waals surface area (Å²) in [5, 5.41) is 13.3.